The zero-order valence-corrected chi connectivity index (χ0v) is 17.1. The highest BCUT2D eigenvalue weighted by Gasteiger charge is 2.35. The number of rotatable bonds is 5. The number of amides is 1. The van der Waals surface area contributed by atoms with Crippen LogP contribution in [0.4, 0.5) is 9.18 Å². The van der Waals surface area contributed by atoms with Gasteiger partial charge in [0.25, 0.3) is 10.1 Å². The molecular formula is C19H28FNO5S. The molecule has 0 unspecified atom stereocenters. The van der Waals surface area contributed by atoms with E-state index >= 15 is 0 Å². The van der Waals surface area contributed by atoms with Gasteiger partial charge in [0.05, 0.1) is 12.4 Å². The van der Waals surface area contributed by atoms with E-state index in [2.05, 4.69) is 0 Å². The van der Waals surface area contributed by atoms with Crippen molar-refractivity contribution in [2.75, 3.05) is 25.4 Å². The van der Waals surface area contributed by atoms with Crippen LogP contribution in [0.3, 0.4) is 0 Å². The number of piperidine rings is 1. The summed E-state index contributed by atoms with van der Waals surface area (Å²) in [4.78, 5) is 14.0. The summed E-state index contributed by atoms with van der Waals surface area (Å²) in [7, 11) is -3.59. The Bertz CT molecular complexity index is 742. The third-order valence-electron chi connectivity index (χ3n) is 4.50. The molecule has 1 saturated heterocycles. The fraction of sp³-hybridized carbons (Fsp3) is 0.632. The fourth-order valence-corrected chi connectivity index (χ4v) is 3.67. The molecule has 1 aliphatic heterocycles. The molecule has 27 heavy (non-hydrogen) atoms. The number of carbonyl (C=O) groups excluding carboxylic acids is 1. The van der Waals surface area contributed by atoms with Crippen molar-refractivity contribution < 1.29 is 26.5 Å². The van der Waals surface area contributed by atoms with E-state index < -0.39 is 21.8 Å². The van der Waals surface area contributed by atoms with Crippen LogP contribution < -0.4 is 0 Å². The van der Waals surface area contributed by atoms with Gasteiger partial charge in [0.15, 0.2) is 0 Å². The smallest absolute Gasteiger partial charge is 0.410 e. The van der Waals surface area contributed by atoms with Crippen molar-refractivity contribution in [1.29, 1.82) is 0 Å². The molecule has 2 atom stereocenters. The lowest BCUT2D eigenvalue weighted by molar-refractivity contribution is 0.0114. The molecule has 0 saturated carbocycles. The van der Waals surface area contributed by atoms with Crippen molar-refractivity contribution in [2.24, 2.45) is 5.92 Å². The highest BCUT2D eigenvalue weighted by Crippen LogP contribution is 2.34. The Morgan fingerprint density at radius 3 is 2.44 bits per heavy atom. The SMILES string of the molecule is CCS(=O)(=O)OC[C@@H]1CN(C(=O)OC(C)(C)C)CC[C@H]1c1ccc(F)cc1. The molecule has 1 amide bonds. The number of ether oxygens (including phenoxy) is 1. The molecule has 1 fully saturated rings. The van der Waals surface area contributed by atoms with Gasteiger partial charge in [-0.25, -0.2) is 9.18 Å². The van der Waals surface area contributed by atoms with Crippen LogP contribution in [-0.2, 0) is 19.0 Å². The Hall–Kier alpha value is -1.67. The summed E-state index contributed by atoms with van der Waals surface area (Å²) in [5.74, 6) is -0.711. The summed E-state index contributed by atoms with van der Waals surface area (Å²) >= 11 is 0. The molecular weight excluding hydrogens is 373 g/mol. The Labute approximate surface area is 160 Å². The Balaban J connectivity index is 2.17. The van der Waals surface area contributed by atoms with E-state index in [0.29, 0.717) is 19.5 Å². The Kier molecular flexibility index (Phi) is 6.86. The molecule has 1 aromatic rings. The minimum Gasteiger partial charge on any atom is -0.444 e. The molecule has 8 heteroatoms. The maximum atomic E-state index is 13.3. The molecule has 0 aromatic heterocycles. The van der Waals surface area contributed by atoms with E-state index in [1.165, 1.54) is 19.1 Å². The molecule has 0 radical (unpaired) electrons. The number of hydrogen-bond donors (Lipinski definition) is 0. The number of benzene rings is 1. The van der Waals surface area contributed by atoms with E-state index in [1.807, 2.05) is 0 Å². The largest absolute Gasteiger partial charge is 0.444 e. The summed E-state index contributed by atoms with van der Waals surface area (Å²) in [5.41, 5.74) is 0.297. The second-order valence-corrected chi connectivity index (χ2v) is 9.69. The monoisotopic (exact) mass is 401 g/mol. The molecule has 2 rings (SSSR count). The third kappa shape index (κ3) is 6.46. The fourth-order valence-electron chi connectivity index (χ4n) is 3.12. The first kappa shape index (κ1) is 21.6. The topological polar surface area (TPSA) is 72.9 Å². The van der Waals surface area contributed by atoms with Crippen LogP contribution in [0.15, 0.2) is 24.3 Å². The van der Waals surface area contributed by atoms with Gasteiger partial charge >= 0.3 is 6.09 Å². The van der Waals surface area contributed by atoms with Crippen molar-refractivity contribution in [3.8, 4) is 0 Å². The van der Waals surface area contributed by atoms with Crippen LogP contribution in [0.2, 0.25) is 0 Å². The number of likely N-dealkylation sites (tertiary alicyclic amines) is 1. The summed E-state index contributed by atoms with van der Waals surface area (Å²) in [6.45, 7) is 7.67. The summed E-state index contributed by atoms with van der Waals surface area (Å²) < 4.78 is 47.3. The minimum absolute atomic E-state index is 0.0302. The lowest BCUT2D eigenvalue weighted by Crippen LogP contribution is -2.46. The molecule has 1 aliphatic rings. The first-order chi connectivity index (χ1) is 12.5. The van der Waals surface area contributed by atoms with Gasteiger partial charge < -0.3 is 9.64 Å². The van der Waals surface area contributed by atoms with E-state index in [9.17, 15) is 17.6 Å². The number of hydrogen-bond acceptors (Lipinski definition) is 5. The summed E-state index contributed by atoms with van der Waals surface area (Å²) in [6, 6.07) is 6.17. The zero-order chi connectivity index (χ0) is 20.2. The lowest BCUT2D eigenvalue weighted by Gasteiger charge is -2.39. The van der Waals surface area contributed by atoms with Gasteiger partial charge in [-0.05, 0) is 57.7 Å². The highest BCUT2D eigenvalue weighted by atomic mass is 32.2. The van der Waals surface area contributed by atoms with Crippen LogP contribution >= 0.6 is 0 Å². The van der Waals surface area contributed by atoms with Crippen molar-refractivity contribution in [3.05, 3.63) is 35.6 Å². The number of halogens is 1. The van der Waals surface area contributed by atoms with Gasteiger partial charge in [-0.3, -0.25) is 4.18 Å². The van der Waals surface area contributed by atoms with Gasteiger partial charge in [-0.15, -0.1) is 0 Å². The summed E-state index contributed by atoms with van der Waals surface area (Å²) in [5, 5.41) is 0. The quantitative estimate of drug-likeness (QED) is 0.706. The predicted molar refractivity (Wildman–Crippen MR) is 100 cm³/mol. The molecule has 0 N–H and O–H groups in total. The van der Waals surface area contributed by atoms with Crippen LogP contribution in [0, 0.1) is 11.7 Å². The van der Waals surface area contributed by atoms with Crippen molar-refractivity contribution in [3.63, 3.8) is 0 Å². The molecule has 152 valence electrons. The van der Waals surface area contributed by atoms with Gasteiger partial charge in [0.2, 0.25) is 0 Å². The maximum absolute atomic E-state index is 13.3. The number of carbonyl (C=O) groups is 1. The molecule has 0 bridgehead atoms. The van der Waals surface area contributed by atoms with Crippen LogP contribution in [-0.4, -0.2) is 50.5 Å². The molecule has 0 aliphatic carbocycles. The van der Waals surface area contributed by atoms with Crippen molar-refractivity contribution in [2.45, 2.75) is 45.6 Å². The Morgan fingerprint density at radius 2 is 1.89 bits per heavy atom. The third-order valence-corrected chi connectivity index (χ3v) is 5.70. The second-order valence-electron chi connectivity index (χ2n) is 7.76. The van der Waals surface area contributed by atoms with Gasteiger partial charge in [-0.2, -0.15) is 8.42 Å². The minimum atomic E-state index is -3.59. The number of nitrogens with zero attached hydrogens (tertiary/aromatic N) is 1. The van der Waals surface area contributed by atoms with E-state index in [4.69, 9.17) is 8.92 Å². The molecule has 6 nitrogen and oxygen atoms in total. The van der Waals surface area contributed by atoms with E-state index in [0.717, 1.165) is 5.56 Å². The first-order valence-electron chi connectivity index (χ1n) is 9.11. The standard InChI is InChI=1S/C19H28FNO5S/c1-5-27(23,24)25-13-15-12-21(18(22)26-19(2,3)4)11-10-17(15)14-6-8-16(20)9-7-14/h6-9,15,17H,5,10-13H2,1-4H3/t15-,17-/m0/s1. The normalized spacial score (nSPS) is 21.1. The lowest BCUT2D eigenvalue weighted by atomic mass is 9.81. The molecule has 1 aromatic carbocycles. The van der Waals surface area contributed by atoms with Crippen molar-refractivity contribution in [1.82, 2.24) is 4.90 Å². The predicted octanol–water partition coefficient (Wildman–Crippen LogP) is 3.53. The van der Waals surface area contributed by atoms with E-state index in [-0.39, 0.29) is 30.0 Å². The zero-order valence-electron chi connectivity index (χ0n) is 16.3. The van der Waals surface area contributed by atoms with Crippen LogP contribution in [0.5, 0.6) is 0 Å². The average Bonchev–Trinajstić information content (AvgIpc) is 2.59. The van der Waals surface area contributed by atoms with Gasteiger partial charge in [0.1, 0.15) is 11.4 Å². The second kappa shape index (κ2) is 8.56. The maximum Gasteiger partial charge on any atom is 0.410 e. The molecule has 1 heterocycles. The first-order valence-corrected chi connectivity index (χ1v) is 10.7. The van der Waals surface area contributed by atoms with Crippen LogP contribution in [0.1, 0.15) is 45.6 Å². The summed E-state index contributed by atoms with van der Waals surface area (Å²) in [6.07, 6.45) is 0.189. The van der Waals surface area contributed by atoms with E-state index in [1.54, 1.807) is 37.8 Å². The van der Waals surface area contributed by atoms with Crippen molar-refractivity contribution >= 4 is 16.2 Å². The van der Waals surface area contributed by atoms with Gasteiger partial charge in [0, 0.05) is 19.0 Å². The molecule has 0 spiro atoms. The van der Waals surface area contributed by atoms with Crippen LogP contribution in [0.25, 0.3) is 0 Å². The average molecular weight is 402 g/mol. The van der Waals surface area contributed by atoms with Gasteiger partial charge in [-0.1, -0.05) is 12.1 Å². The Morgan fingerprint density at radius 1 is 1.26 bits per heavy atom. The highest BCUT2D eigenvalue weighted by molar-refractivity contribution is 7.86.